The SMILES string of the molecule is Cc1nc2n(n1)C(c1ccccc1)OC(=O)c1ccccc1-2. The summed E-state index contributed by atoms with van der Waals surface area (Å²) in [5.74, 6) is 0.922. The molecule has 0 saturated heterocycles. The molecule has 0 aliphatic carbocycles. The van der Waals surface area contributed by atoms with Crippen molar-refractivity contribution < 1.29 is 9.53 Å². The fraction of sp³-hybridized carbons (Fsp3) is 0.118. The van der Waals surface area contributed by atoms with Crippen LogP contribution in [0.25, 0.3) is 11.4 Å². The molecule has 1 aliphatic rings. The number of carbonyl (C=O) groups excluding carboxylic acids is 1. The number of hydrogen-bond acceptors (Lipinski definition) is 4. The summed E-state index contributed by atoms with van der Waals surface area (Å²) < 4.78 is 7.36. The molecule has 1 atom stereocenters. The van der Waals surface area contributed by atoms with Crippen molar-refractivity contribution in [1.29, 1.82) is 0 Å². The molecule has 1 unspecified atom stereocenters. The van der Waals surface area contributed by atoms with E-state index in [0.717, 1.165) is 11.1 Å². The first-order valence-electron chi connectivity index (χ1n) is 7.02. The van der Waals surface area contributed by atoms with E-state index < -0.39 is 6.23 Å². The fourth-order valence-electron chi connectivity index (χ4n) is 2.68. The van der Waals surface area contributed by atoms with Gasteiger partial charge in [0.1, 0.15) is 5.82 Å². The first-order chi connectivity index (χ1) is 10.7. The van der Waals surface area contributed by atoms with Crippen LogP contribution in [0.1, 0.15) is 28.0 Å². The van der Waals surface area contributed by atoms with Crippen LogP contribution in [0.4, 0.5) is 0 Å². The molecule has 0 radical (unpaired) electrons. The summed E-state index contributed by atoms with van der Waals surface area (Å²) in [5, 5.41) is 4.43. The molecule has 3 aromatic rings. The van der Waals surface area contributed by atoms with Gasteiger partial charge in [0.2, 0.25) is 6.23 Å². The molecule has 2 heterocycles. The van der Waals surface area contributed by atoms with E-state index in [1.165, 1.54) is 0 Å². The quantitative estimate of drug-likeness (QED) is 0.647. The zero-order chi connectivity index (χ0) is 15.1. The van der Waals surface area contributed by atoms with E-state index in [2.05, 4.69) is 10.1 Å². The van der Waals surface area contributed by atoms with Crippen molar-refractivity contribution in [1.82, 2.24) is 14.8 Å². The zero-order valence-corrected chi connectivity index (χ0v) is 11.9. The minimum Gasteiger partial charge on any atom is -0.432 e. The Hall–Kier alpha value is -2.95. The van der Waals surface area contributed by atoms with Gasteiger partial charge >= 0.3 is 5.97 Å². The van der Waals surface area contributed by atoms with Gasteiger partial charge in [-0.3, -0.25) is 0 Å². The summed E-state index contributed by atoms with van der Waals surface area (Å²) in [7, 11) is 0. The molecule has 0 fully saturated rings. The normalized spacial score (nSPS) is 16.4. The lowest BCUT2D eigenvalue weighted by atomic mass is 10.1. The van der Waals surface area contributed by atoms with Gasteiger partial charge in [-0.1, -0.05) is 48.5 Å². The Morgan fingerprint density at radius 1 is 1.00 bits per heavy atom. The van der Waals surface area contributed by atoms with Gasteiger partial charge in [-0.15, -0.1) is 0 Å². The summed E-state index contributed by atoms with van der Waals surface area (Å²) in [6.07, 6.45) is -0.614. The van der Waals surface area contributed by atoms with Crippen molar-refractivity contribution in [2.75, 3.05) is 0 Å². The number of cyclic esters (lactones) is 1. The lowest BCUT2D eigenvalue weighted by Gasteiger charge is -2.17. The number of nitrogens with zero attached hydrogens (tertiary/aromatic N) is 3. The molecule has 0 saturated carbocycles. The van der Waals surface area contributed by atoms with Gasteiger partial charge in [0.25, 0.3) is 0 Å². The number of benzene rings is 2. The molecule has 108 valence electrons. The second kappa shape index (κ2) is 4.80. The number of carbonyl (C=O) groups is 1. The summed E-state index contributed by atoms with van der Waals surface area (Å²) in [6.45, 7) is 1.83. The van der Waals surface area contributed by atoms with Crippen molar-refractivity contribution in [2.24, 2.45) is 0 Å². The van der Waals surface area contributed by atoms with Crippen molar-refractivity contribution in [3.05, 3.63) is 71.5 Å². The van der Waals surface area contributed by atoms with E-state index in [-0.39, 0.29) is 5.97 Å². The molecule has 0 N–H and O–H groups in total. The lowest BCUT2D eigenvalue weighted by molar-refractivity contribution is 0.0206. The standard InChI is InChI=1S/C17H13N3O2/c1-11-18-15-13-9-5-6-10-14(13)17(21)22-16(20(15)19-11)12-7-3-2-4-8-12/h2-10,16H,1H3. The zero-order valence-electron chi connectivity index (χ0n) is 11.9. The first-order valence-corrected chi connectivity index (χ1v) is 7.02. The average Bonchev–Trinajstić information content (AvgIpc) is 2.90. The number of hydrogen-bond donors (Lipinski definition) is 0. The van der Waals surface area contributed by atoms with Crippen LogP contribution in [-0.2, 0) is 4.74 Å². The van der Waals surface area contributed by atoms with Gasteiger partial charge in [0.15, 0.2) is 5.82 Å². The third-order valence-electron chi connectivity index (χ3n) is 3.65. The lowest BCUT2D eigenvalue weighted by Crippen LogP contribution is -2.18. The minimum absolute atomic E-state index is 0.366. The third-order valence-corrected chi connectivity index (χ3v) is 3.65. The van der Waals surface area contributed by atoms with Crippen molar-refractivity contribution >= 4 is 5.97 Å². The summed E-state index contributed by atoms with van der Waals surface area (Å²) in [5.41, 5.74) is 2.11. The molecule has 0 bridgehead atoms. The molecular formula is C17H13N3O2. The van der Waals surface area contributed by atoms with Crippen LogP contribution in [0, 0.1) is 6.92 Å². The molecule has 0 spiro atoms. The van der Waals surface area contributed by atoms with Crippen LogP contribution in [0.15, 0.2) is 54.6 Å². The Labute approximate surface area is 127 Å². The van der Waals surface area contributed by atoms with E-state index in [1.54, 1.807) is 10.7 Å². The monoisotopic (exact) mass is 291 g/mol. The number of fused-ring (bicyclic) bond motifs is 3. The molecule has 2 aromatic carbocycles. The van der Waals surface area contributed by atoms with Crippen LogP contribution in [0.2, 0.25) is 0 Å². The highest BCUT2D eigenvalue weighted by Gasteiger charge is 2.31. The topological polar surface area (TPSA) is 57.0 Å². The molecule has 22 heavy (non-hydrogen) atoms. The van der Waals surface area contributed by atoms with Crippen LogP contribution in [0.5, 0.6) is 0 Å². The first kappa shape index (κ1) is 12.8. The maximum absolute atomic E-state index is 12.4. The highest BCUT2D eigenvalue weighted by Crippen LogP contribution is 2.33. The van der Waals surface area contributed by atoms with Gasteiger partial charge < -0.3 is 4.74 Å². The molecule has 0 amide bonds. The highest BCUT2D eigenvalue weighted by molar-refractivity contribution is 5.97. The van der Waals surface area contributed by atoms with Gasteiger partial charge in [0.05, 0.1) is 5.56 Å². The Balaban J connectivity index is 1.97. The molecule has 1 aromatic heterocycles. The minimum atomic E-state index is -0.614. The average molecular weight is 291 g/mol. The molecular weight excluding hydrogens is 278 g/mol. The van der Waals surface area contributed by atoms with Gasteiger partial charge in [-0.2, -0.15) is 5.10 Å². The van der Waals surface area contributed by atoms with E-state index >= 15 is 0 Å². The Morgan fingerprint density at radius 3 is 2.45 bits per heavy atom. The number of aromatic nitrogens is 3. The third kappa shape index (κ3) is 1.90. The second-order valence-corrected chi connectivity index (χ2v) is 5.14. The predicted molar refractivity (Wildman–Crippen MR) is 80.2 cm³/mol. The van der Waals surface area contributed by atoms with E-state index in [9.17, 15) is 4.79 Å². The van der Waals surface area contributed by atoms with E-state index in [1.807, 2.05) is 55.5 Å². The number of esters is 1. The molecule has 5 nitrogen and oxygen atoms in total. The Kier molecular flexibility index (Phi) is 2.79. The molecule has 4 rings (SSSR count). The van der Waals surface area contributed by atoms with Crippen LogP contribution in [0.3, 0.4) is 0 Å². The number of aryl methyl sites for hydroxylation is 1. The van der Waals surface area contributed by atoms with Crippen LogP contribution in [-0.4, -0.2) is 20.7 Å². The highest BCUT2D eigenvalue weighted by atomic mass is 16.6. The Morgan fingerprint density at radius 2 is 1.68 bits per heavy atom. The van der Waals surface area contributed by atoms with E-state index in [0.29, 0.717) is 17.2 Å². The fourth-order valence-corrected chi connectivity index (χ4v) is 2.68. The second-order valence-electron chi connectivity index (χ2n) is 5.14. The number of ether oxygens (including phenoxy) is 1. The predicted octanol–water partition coefficient (Wildman–Crippen LogP) is 2.97. The largest absolute Gasteiger partial charge is 0.432 e. The van der Waals surface area contributed by atoms with Crippen LogP contribution < -0.4 is 0 Å². The maximum atomic E-state index is 12.4. The van der Waals surface area contributed by atoms with Crippen molar-refractivity contribution in [2.45, 2.75) is 13.2 Å². The van der Waals surface area contributed by atoms with E-state index in [4.69, 9.17) is 4.74 Å². The van der Waals surface area contributed by atoms with Gasteiger partial charge in [0, 0.05) is 11.1 Å². The number of rotatable bonds is 1. The summed E-state index contributed by atoms with van der Waals surface area (Å²) in [6, 6.07) is 16.9. The van der Waals surface area contributed by atoms with Crippen molar-refractivity contribution in [3.8, 4) is 11.4 Å². The van der Waals surface area contributed by atoms with Crippen LogP contribution >= 0.6 is 0 Å². The maximum Gasteiger partial charge on any atom is 0.341 e. The van der Waals surface area contributed by atoms with Crippen molar-refractivity contribution in [3.63, 3.8) is 0 Å². The Bertz CT molecular complexity index is 855. The molecule has 1 aliphatic heterocycles. The summed E-state index contributed by atoms with van der Waals surface area (Å²) >= 11 is 0. The molecule has 5 heteroatoms. The van der Waals surface area contributed by atoms with Gasteiger partial charge in [-0.25, -0.2) is 14.5 Å². The van der Waals surface area contributed by atoms with Gasteiger partial charge in [-0.05, 0) is 13.0 Å². The summed E-state index contributed by atoms with van der Waals surface area (Å²) in [4.78, 5) is 16.9. The smallest absolute Gasteiger partial charge is 0.341 e.